The van der Waals surface area contributed by atoms with Crippen LogP contribution in [0.15, 0.2) is 54.9 Å². The highest BCUT2D eigenvalue weighted by Gasteiger charge is 2.35. The molecule has 0 saturated heterocycles. The zero-order chi connectivity index (χ0) is 28.8. The largest absolute Gasteiger partial charge is 0.378 e. The fraction of sp³-hybridized carbons (Fsp3) is 0.321. The Morgan fingerprint density at radius 3 is 2.44 bits per heavy atom. The first kappa shape index (κ1) is 29.9. The molecule has 0 aliphatic carbocycles. The Bertz CT molecular complexity index is 1370. The number of likely N-dealkylation sites (N-methyl/N-ethyl adjacent to an activating group) is 1. The Kier molecular flexibility index (Phi) is 9.60. The summed E-state index contributed by atoms with van der Waals surface area (Å²) in [5.41, 5.74) is 2.91. The Morgan fingerprint density at radius 2 is 1.87 bits per heavy atom. The lowest BCUT2D eigenvalue weighted by Gasteiger charge is -2.39. The van der Waals surface area contributed by atoms with E-state index in [1.54, 1.807) is 51.5 Å². The Hall–Kier alpha value is -3.61. The van der Waals surface area contributed by atoms with Gasteiger partial charge >= 0.3 is 0 Å². The number of carbonyl (C=O) groups is 2. The number of nitrogens with zero attached hydrogens (tertiary/aromatic N) is 3. The predicted molar refractivity (Wildman–Crippen MR) is 152 cm³/mol. The molecule has 2 heterocycles. The Labute approximate surface area is 232 Å². The highest BCUT2D eigenvalue weighted by molar-refractivity contribution is 6.62. The molecule has 3 aromatic rings. The number of rotatable bonds is 5. The van der Waals surface area contributed by atoms with Crippen LogP contribution in [0.4, 0.5) is 10.1 Å². The van der Waals surface area contributed by atoms with Gasteiger partial charge < -0.3 is 15.3 Å². The molecule has 2 N–H and O–H groups in total. The van der Waals surface area contributed by atoms with E-state index in [4.69, 9.17) is 23.5 Å². The van der Waals surface area contributed by atoms with Crippen molar-refractivity contribution >= 4 is 41.5 Å². The van der Waals surface area contributed by atoms with Crippen LogP contribution in [0.5, 0.6) is 0 Å². The van der Waals surface area contributed by atoms with Gasteiger partial charge in [0.05, 0.1) is 35.8 Å². The molecule has 1 unspecified atom stereocenters. The molecule has 4 rings (SSSR count). The van der Waals surface area contributed by atoms with Gasteiger partial charge in [-0.1, -0.05) is 35.3 Å². The van der Waals surface area contributed by atoms with Gasteiger partial charge in [-0.2, -0.15) is 5.10 Å². The van der Waals surface area contributed by atoms with Gasteiger partial charge in [-0.3, -0.25) is 9.59 Å². The maximum absolute atomic E-state index is 12.8. The summed E-state index contributed by atoms with van der Waals surface area (Å²) in [4.78, 5) is 24.3. The summed E-state index contributed by atoms with van der Waals surface area (Å²) in [6.45, 7) is 3.20. The van der Waals surface area contributed by atoms with Gasteiger partial charge in [0, 0.05) is 23.9 Å². The average Bonchev–Trinajstić information content (AvgIpc) is 3.26. The SMILES string of the molecule is O=Cn1cc(Cc2ccc(F)cc2)cn1.[B]C([B])([B])N1C(=O)C(NC)CCc2ccc(C#CC(C)(C)O)cc21. The number of aromatic nitrogens is 2. The summed E-state index contributed by atoms with van der Waals surface area (Å²) in [6, 6.07) is 11.3. The van der Waals surface area contributed by atoms with E-state index in [9.17, 15) is 19.1 Å². The number of fused-ring (bicyclic) bond motifs is 1. The third-order valence-electron chi connectivity index (χ3n) is 5.88. The van der Waals surface area contributed by atoms with Crippen molar-refractivity contribution in [2.75, 3.05) is 11.9 Å². The molecule has 1 aliphatic rings. The van der Waals surface area contributed by atoms with Crippen LogP contribution in [0.25, 0.3) is 0 Å². The van der Waals surface area contributed by atoms with Gasteiger partial charge in [-0.15, -0.1) is 0 Å². The molecule has 7 nitrogen and oxygen atoms in total. The minimum absolute atomic E-state index is 0.248. The number of carbonyl (C=O) groups excluding carboxylic acids is 2. The van der Waals surface area contributed by atoms with E-state index < -0.39 is 16.9 Å². The van der Waals surface area contributed by atoms with E-state index in [1.165, 1.54) is 21.7 Å². The number of halogens is 1. The molecule has 0 fully saturated rings. The van der Waals surface area contributed by atoms with E-state index >= 15 is 0 Å². The molecular weight excluding hydrogens is 492 g/mol. The first-order valence-electron chi connectivity index (χ1n) is 12.3. The zero-order valence-corrected chi connectivity index (χ0v) is 22.2. The lowest BCUT2D eigenvalue weighted by atomic mass is 9.48. The summed E-state index contributed by atoms with van der Waals surface area (Å²) in [6.07, 6.45) is 5.85. The molecular formula is C28H28B3FN4O3. The van der Waals surface area contributed by atoms with Crippen LogP contribution in [0, 0.1) is 17.7 Å². The molecule has 0 spiro atoms. The molecule has 2 aromatic carbocycles. The zero-order valence-electron chi connectivity index (χ0n) is 22.2. The van der Waals surface area contributed by atoms with Crippen molar-refractivity contribution in [2.45, 2.75) is 50.0 Å². The maximum atomic E-state index is 12.8. The van der Waals surface area contributed by atoms with Crippen molar-refractivity contribution < 1.29 is 19.1 Å². The van der Waals surface area contributed by atoms with E-state index in [-0.39, 0.29) is 11.7 Å². The van der Waals surface area contributed by atoms with Crippen molar-refractivity contribution in [1.29, 1.82) is 0 Å². The van der Waals surface area contributed by atoms with Crippen LogP contribution in [-0.4, -0.2) is 74.7 Å². The van der Waals surface area contributed by atoms with Crippen molar-refractivity contribution in [1.82, 2.24) is 15.1 Å². The van der Waals surface area contributed by atoms with Crippen molar-refractivity contribution in [2.24, 2.45) is 0 Å². The van der Waals surface area contributed by atoms with Crippen LogP contribution >= 0.6 is 0 Å². The second-order valence-corrected chi connectivity index (χ2v) is 9.83. The smallest absolute Gasteiger partial charge is 0.242 e. The van der Waals surface area contributed by atoms with Gasteiger partial charge in [-0.25, -0.2) is 9.07 Å². The van der Waals surface area contributed by atoms with Crippen LogP contribution in [-0.2, 0) is 22.4 Å². The lowest BCUT2D eigenvalue weighted by molar-refractivity contribution is -0.120. The second-order valence-electron chi connectivity index (χ2n) is 9.83. The molecule has 0 saturated carbocycles. The van der Waals surface area contributed by atoms with Crippen molar-refractivity contribution in [3.8, 4) is 11.8 Å². The highest BCUT2D eigenvalue weighted by atomic mass is 19.1. The molecule has 1 aliphatic heterocycles. The van der Waals surface area contributed by atoms with Crippen molar-refractivity contribution in [3.63, 3.8) is 0 Å². The van der Waals surface area contributed by atoms with E-state index in [0.717, 1.165) is 16.7 Å². The Morgan fingerprint density at radius 1 is 1.18 bits per heavy atom. The number of anilines is 1. The van der Waals surface area contributed by atoms with Crippen LogP contribution in [0.3, 0.4) is 0 Å². The number of hydrogen-bond acceptors (Lipinski definition) is 5. The first-order valence-corrected chi connectivity index (χ1v) is 12.3. The van der Waals surface area contributed by atoms with Gasteiger partial charge in [0.2, 0.25) is 12.3 Å². The standard InChI is InChI=1S/C17H19B3N2O2.C11H9FN2O/c1-16(2,24)9-8-11-4-5-12-6-7-13(21-3)15(23)22(14(12)10-11)17(18,19)20;12-11-3-1-9(2-4-11)5-10-6-13-14(7-10)8-15/h4-5,10,13,21,24H,6-7H2,1-3H3;1-4,6-8H,5H2. The fourth-order valence-corrected chi connectivity index (χ4v) is 4.02. The molecule has 39 heavy (non-hydrogen) atoms. The molecule has 6 radical (unpaired) electrons. The van der Waals surface area contributed by atoms with E-state index in [1.807, 2.05) is 12.1 Å². The normalized spacial score (nSPS) is 15.3. The summed E-state index contributed by atoms with van der Waals surface area (Å²) < 4.78 is 13.8. The van der Waals surface area contributed by atoms with Gasteiger partial charge in [-0.05, 0) is 74.7 Å². The number of aryl methyl sites for hydroxylation is 1. The number of amides is 1. The first-order chi connectivity index (χ1) is 18.3. The van der Waals surface area contributed by atoms with Crippen LogP contribution < -0.4 is 10.2 Å². The summed E-state index contributed by atoms with van der Waals surface area (Å²) in [5, 5.41) is 14.7. The summed E-state index contributed by atoms with van der Waals surface area (Å²) in [5.74, 6) is 5.10. The molecule has 1 atom stereocenters. The third-order valence-corrected chi connectivity index (χ3v) is 5.88. The fourth-order valence-electron chi connectivity index (χ4n) is 4.02. The topological polar surface area (TPSA) is 87.5 Å². The highest BCUT2D eigenvalue weighted by Crippen LogP contribution is 2.31. The average molecular weight is 520 g/mol. The summed E-state index contributed by atoms with van der Waals surface area (Å²) >= 11 is 0. The number of aliphatic hydroxyl groups is 1. The second kappa shape index (κ2) is 12.5. The monoisotopic (exact) mass is 520 g/mol. The van der Waals surface area contributed by atoms with Gasteiger partial charge in [0.15, 0.2) is 0 Å². The van der Waals surface area contributed by atoms with Gasteiger partial charge in [0.1, 0.15) is 11.4 Å². The molecule has 1 aromatic heterocycles. The van der Waals surface area contributed by atoms with Crippen LogP contribution in [0.1, 0.15) is 42.5 Å². The quantitative estimate of drug-likeness (QED) is 0.303. The van der Waals surface area contributed by atoms with E-state index in [2.05, 4.69) is 22.3 Å². The minimum Gasteiger partial charge on any atom is -0.378 e. The minimum atomic E-state index is -1.83. The van der Waals surface area contributed by atoms with Gasteiger partial charge in [0.25, 0.3) is 0 Å². The number of nitrogens with one attached hydrogen (secondary N) is 1. The number of hydrogen-bond donors (Lipinski definition) is 2. The summed E-state index contributed by atoms with van der Waals surface area (Å²) in [7, 11) is 19.3. The number of benzene rings is 2. The van der Waals surface area contributed by atoms with Crippen molar-refractivity contribution in [3.05, 3.63) is 82.9 Å². The maximum Gasteiger partial charge on any atom is 0.242 e. The predicted octanol–water partition coefficient (Wildman–Crippen LogP) is 1.44. The van der Waals surface area contributed by atoms with E-state index in [0.29, 0.717) is 36.9 Å². The molecule has 1 amide bonds. The van der Waals surface area contributed by atoms with Crippen LogP contribution in [0.2, 0.25) is 0 Å². The molecule has 11 heteroatoms. The lowest BCUT2D eigenvalue weighted by Crippen LogP contribution is -2.58. The molecule has 194 valence electrons. The Balaban J connectivity index is 0.000000239. The molecule has 0 bridgehead atoms. The third kappa shape index (κ3) is 8.44.